The van der Waals surface area contributed by atoms with Crippen LogP contribution in [-0.2, 0) is 21.3 Å². The third-order valence-electron chi connectivity index (χ3n) is 7.11. The molecule has 128 valence electrons. The molecule has 1 N–H and O–H groups in total. The molecule has 6 rings (SSSR count). The Morgan fingerprint density at radius 1 is 1.21 bits per heavy atom. The van der Waals surface area contributed by atoms with Gasteiger partial charge in [-0.15, -0.1) is 0 Å². The highest BCUT2D eigenvalue weighted by Crippen LogP contribution is 2.65. The first-order chi connectivity index (χ1) is 11.8. The normalized spacial score (nSPS) is 40.3. The van der Waals surface area contributed by atoms with Crippen LogP contribution < -0.4 is 14.8 Å². The molecule has 0 aromatic heterocycles. The van der Waals surface area contributed by atoms with E-state index < -0.39 is 5.79 Å². The topological polar surface area (TPSA) is 49.0 Å². The molecule has 5 nitrogen and oxygen atoms in total. The number of methoxy groups -OCH3 is 1. The largest absolute Gasteiger partial charge is 0.493 e. The van der Waals surface area contributed by atoms with Crippen LogP contribution in [0.15, 0.2) is 12.1 Å². The smallest absolute Gasteiger partial charge is 0.206 e. The van der Waals surface area contributed by atoms with Gasteiger partial charge in [0.05, 0.1) is 20.3 Å². The molecule has 0 radical (unpaired) electrons. The monoisotopic (exact) mass is 329 g/mol. The summed E-state index contributed by atoms with van der Waals surface area (Å²) in [6.07, 6.45) is 4.17. The van der Waals surface area contributed by atoms with Gasteiger partial charge in [-0.1, -0.05) is 6.07 Å². The van der Waals surface area contributed by atoms with Crippen molar-refractivity contribution in [2.75, 3.05) is 26.9 Å². The second-order valence-corrected chi connectivity index (χ2v) is 7.84. The lowest BCUT2D eigenvalue weighted by atomic mass is 9.51. The summed E-state index contributed by atoms with van der Waals surface area (Å²) in [5.74, 6) is 1.82. The molecule has 5 heteroatoms. The van der Waals surface area contributed by atoms with E-state index in [9.17, 15) is 0 Å². The van der Waals surface area contributed by atoms with E-state index in [0.717, 1.165) is 43.7 Å². The maximum absolute atomic E-state index is 6.64. The maximum Gasteiger partial charge on any atom is 0.206 e. The third-order valence-corrected chi connectivity index (χ3v) is 7.11. The van der Waals surface area contributed by atoms with E-state index in [1.54, 1.807) is 7.11 Å². The Hall–Kier alpha value is -1.30. The molecule has 1 saturated carbocycles. The quantitative estimate of drug-likeness (QED) is 0.851. The number of piperidine rings is 1. The van der Waals surface area contributed by atoms with Crippen LogP contribution in [0.1, 0.15) is 30.4 Å². The van der Waals surface area contributed by atoms with Crippen LogP contribution in [0.3, 0.4) is 0 Å². The lowest BCUT2D eigenvalue weighted by Crippen LogP contribution is -2.69. The summed E-state index contributed by atoms with van der Waals surface area (Å²) >= 11 is 0. The first kappa shape index (κ1) is 13.9. The zero-order valence-electron chi connectivity index (χ0n) is 14.0. The summed E-state index contributed by atoms with van der Waals surface area (Å²) in [5, 5.41) is 3.77. The van der Waals surface area contributed by atoms with Gasteiger partial charge in [-0.25, -0.2) is 0 Å². The van der Waals surface area contributed by atoms with Crippen molar-refractivity contribution in [1.29, 1.82) is 0 Å². The Labute approximate surface area is 141 Å². The standard InChI is InChI=1S/C19H23NO4/c1-21-14-3-2-11-10-13-12-4-5-19(22-8-9-23-19)17-18(12,6-7-20-13)15(11)16(14)24-17/h2-3,12-13,17,20H,4-10H2,1H3. The van der Waals surface area contributed by atoms with Crippen LogP contribution in [0.5, 0.6) is 11.5 Å². The summed E-state index contributed by atoms with van der Waals surface area (Å²) in [5.41, 5.74) is 2.82. The SMILES string of the molecule is COc1ccc2c3c1OC1C4(CCC5C(C2)NCCC351)OCCO4. The fourth-order valence-corrected chi connectivity index (χ4v) is 6.35. The lowest BCUT2D eigenvalue weighted by Gasteiger charge is -2.58. The van der Waals surface area contributed by atoms with Crippen molar-refractivity contribution < 1.29 is 18.9 Å². The molecule has 1 aromatic rings. The first-order valence-electron chi connectivity index (χ1n) is 9.17. The third kappa shape index (κ3) is 1.40. The van der Waals surface area contributed by atoms with Crippen molar-refractivity contribution in [1.82, 2.24) is 5.32 Å². The average molecular weight is 329 g/mol. The highest BCUT2D eigenvalue weighted by molar-refractivity contribution is 5.61. The first-order valence-corrected chi connectivity index (χ1v) is 9.17. The number of nitrogens with one attached hydrogen (secondary N) is 1. The van der Waals surface area contributed by atoms with E-state index in [1.807, 2.05) is 0 Å². The van der Waals surface area contributed by atoms with E-state index in [0.29, 0.717) is 25.2 Å². The number of hydrogen-bond donors (Lipinski definition) is 1. The van der Waals surface area contributed by atoms with E-state index in [4.69, 9.17) is 18.9 Å². The van der Waals surface area contributed by atoms with Gasteiger partial charge in [-0.2, -0.15) is 0 Å². The van der Waals surface area contributed by atoms with Crippen LogP contribution in [0.25, 0.3) is 0 Å². The zero-order valence-corrected chi connectivity index (χ0v) is 14.0. The lowest BCUT2D eigenvalue weighted by molar-refractivity contribution is -0.256. The van der Waals surface area contributed by atoms with E-state index in [2.05, 4.69) is 17.4 Å². The van der Waals surface area contributed by atoms with Gasteiger partial charge in [0.15, 0.2) is 17.6 Å². The number of fused-ring (bicyclic) bond motifs is 1. The van der Waals surface area contributed by atoms with Gasteiger partial charge >= 0.3 is 0 Å². The van der Waals surface area contributed by atoms with E-state index in [-0.39, 0.29) is 11.5 Å². The number of benzene rings is 1. The fraction of sp³-hybridized carbons (Fsp3) is 0.684. The Kier molecular flexibility index (Phi) is 2.58. The molecular weight excluding hydrogens is 306 g/mol. The summed E-state index contributed by atoms with van der Waals surface area (Å²) in [6, 6.07) is 4.83. The highest BCUT2D eigenvalue weighted by atomic mass is 16.8. The molecule has 24 heavy (non-hydrogen) atoms. The molecule has 3 aliphatic heterocycles. The molecule has 3 heterocycles. The maximum atomic E-state index is 6.64. The summed E-state index contributed by atoms with van der Waals surface area (Å²) < 4.78 is 24.7. The minimum absolute atomic E-state index is 0.00988. The predicted octanol–water partition coefficient (Wildman–Crippen LogP) is 1.77. The molecule has 4 atom stereocenters. The number of rotatable bonds is 1. The molecule has 1 aromatic carbocycles. The van der Waals surface area contributed by atoms with Gasteiger partial charge in [-0.05, 0) is 43.4 Å². The van der Waals surface area contributed by atoms with Crippen molar-refractivity contribution >= 4 is 0 Å². The second-order valence-electron chi connectivity index (χ2n) is 7.84. The van der Waals surface area contributed by atoms with E-state index in [1.165, 1.54) is 11.1 Å². The van der Waals surface area contributed by atoms with Crippen molar-refractivity contribution in [2.24, 2.45) is 5.92 Å². The number of ether oxygens (including phenoxy) is 4. The van der Waals surface area contributed by atoms with Crippen molar-refractivity contribution in [3.63, 3.8) is 0 Å². The molecule has 2 spiro atoms. The van der Waals surface area contributed by atoms with E-state index >= 15 is 0 Å². The predicted molar refractivity (Wildman–Crippen MR) is 86.6 cm³/mol. The fourth-order valence-electron chi connectivity index (χ4n) is 6.35. The van der Waals surface area contributed by atoms with Gasteiger partial charge < -0.3 is 24.3 Å². The van der Waals surface area contributed by atoms with Crippen molar-refractivity contribution in [3.05, 3.63) is 23.3 Å². The molecule has 3 fully saturated rings. The molecule has 2 bridgehead atoms. The molecule has 0 amide bonds. The van der Waals surface area contributed by atoms with Gasteiger partial charge in [0.25, 0.3) is 0 Å². The van der Waals surface area contributed by atoms with Crippen LogP contribution in [-0.4, -0.2) is 44.8 Å². The summed E-state index contributed by atoms with van der Waals surface area (Å²) in [4.78, 5) is 0. The highest BCUT2D eigenvalue weighted by Gasteiger charge is 2.70. The number of hydrogen-bond acceptors (Lipinski definition) is 5. The summed E-state index contributed by atoms with van der Waals surface area (Å²) in [6.45, 7) is 2.37. The Morgan fingerprint density at radius 2 is 2.08 bits per heavy atom. The Balaban J connectivity index is 1.63. The second kappa shape index (κ2) is 4.45. The van der Waals surface area contributed by atoms with Crippen LogP contribution >= 0.6 is 0 Å². The van der Waals surface area contributed by atoms with Crippen LogP contribution in [0, 0.1) is 5.92 Å². The van der Waals surface area contributed by atoms with Gasteiger partial charge in [0.1, 0.15) is 0 Å². The summed E-state index contributed by atoms with van der Waals surface area (Å²) in [7, 11) is 1.73. The molecule has 2 saturated heterocycles. The Morgan fingerprint density at radius 3 is 2.92 bits per heavy atom. The molecule has 2 aliphatic carbocycles. The zero-order chi connectivity index (χ0) is 15.9. The van der Waals surface area contributed by atoms with Gasteiger partial charge in [0.2, 0.25) is 5.79 Å². The minimum Gasteiger partial charge on any atom is -0.493 e. The Bertz CT molecular complexity index is 714. The minimum atomic E-state index is -0.572. The average Bonchev–Trinajstić information content (AvgIpc) is 3.19. The van der Waals surface area contributed by atoms with Gasteiger partial charge in [0, 0.05) is 23.4 Å². The van der Waals surface area contributed by atoms with Crippen LogP contribution in [0.4, 0.5) is 0 Å². The molecule has 5 aliphatic rings. The van der Waals surface area contributed by atoms with Crippen molar-refractivity contribution in [3.8, 4) is 11.5 Å². The van der Waals surface area contributed by atoms with Crippen LogP contribution in [0.2, 0.25) is 0 Å². The molecule has 4 unspecified atom stereocenters. The molecular formula is C19H23NO4. The van der Waals surface area contributed by atoms with Gasteiger partial charge in [-0.3, -0.25) is 0 Å². The van der Waals surface area contributed by atoms with Crippen molar-refractivity contribution in [2.45, 2.75) is 49.0 Å².